The van der Waals surface area contributed by atoms with Gasteiger partial charge in [0.1, 0.15) is 0 Å². The number of aryl methyl sites for hydroxylation is 2. The molecule has 0 atom stereocenters. The molecule has 0 aliphatic carbocycles. The lowest BCUT2D eigenvalue weighted by Gasteiger charge is -2.12. The predicted molar refractivity (Wildman–Crippen MR) is 123 cm³/mol. The minimum absolute atomic E-state index is 0.105. The van der Waals surface area contributed by atoms with Crippen molar-refractivity contribution in [2.75, 3.05) is 5.32 Å². The third-order valence-corrected chi connectivity index (χ3v) is 5.08. The van der Waals surface area contributed by atoms with Crippen LogP contribution in [0.2, 0.25) is 0 Å². The second kappa shape index (κ2) is 8.36. The molecule has 154 valence electrons. The summed E-state index contributed by atoms with van der Waals surface area (Å²) in [5.74, 6) is -0.276. The summed E-state index contributed by atoms with van der Waals surface area (Å²) < 4.78 is 0. The molecule has 0 spiro atoms. The molecule has 0 unspecified atom stereocenters. The van der Waals surface area contributed by atoms with E-state index >= 15 is 0 Å². The van der Waals surface area contributed by atoms with Crippen molar-refractivity contribution in [2.45, 2.75) is 20.8 Å². The van der Waals surface area contributed by atoms with E-state index in [1.165, 1.54) is 6.92 Å². The lowest BCUT2D eigenvalue weighted by Crippen LogP contribution is -2.10. The maximum Gasteiger partial charge on any atom is 0.221 e. The molecule has 0 saturated carbocycles. The molecule has 2 aromatic heterocycles. The van der Waals surface area contributed by atoms with Gasteiger partial charge in [-0.3, -0.25) is 19.7 Å². The molecule has 6 nitrogen and oxygen atoms in total. The van der Waals surface area contributed by atoms with Crippen LogP contribution < -0.4 is 5.32 Å². The third-order valence-electron chi connectivity index (χ3n) is 5.08. The lowest BCUT2D eigenvalue weighted by atomic mass is 9.95. The van der Waals surface area contributed by atoms with Crippen LogP contribution in [0.4, 0.5) is 5.69 Å². The molecule has 4 rings (SSSR count). The second-order valence-corrected chi connectivity index (χ2v) is 7.45. The molecule has 2 N–H and O–H groups in total. The van der Waals surface area contributed by atoms with E-state index in [1.54, 1.807) is 24.4 Å². The normalized spacial score (nSPS) is 11.2. The topological polar surface area (TPSA) is 87.7 Å². The average molecular weight is 410 g/mol. The number of aromatic amines is 1. The molecule has 0 saturated heterocycles. The van der Waals surface area contributed by atoms with E-state index in [1.807, 2.05) is 56.3 Å². The first-order chi connectivity index (χ1) is 14.9. The number of hydrogen-bond acceptors (Lipinski definition) is 4. The van der Waals surface area contributed by atoms with Crippen LogP contribution in [0.1, 0.15) is 45.4 Å². The molecule has 31 heavy (non-hydrogen) atoms. The number of amides is 1. The molecule has 1 amide bonds. The zero-order valence-corrected chi connectivity index (χ0v) is 17.6. The molecule has 0 bridgehead atoms. The van der Waals surface area contributed by atoms with Crippen LogP contribution in [0.25, 0.3) is 23.1 Å². The van der Waals surface area contributed by atoms with Gasteiger partial charge in [-0.25, -0.2) is 0 Å². The van der Waals surface area contributed by atoms with Crippen LogP contribution in [-0.4, -0.2) is 26.9 Å². The quantitative estimate of drug-likeness (QED) is 0.457. The van der Waals surface area contributed by atoms with Gasteiger partial charge >= 0.3 is 0 Å². The van der Waals surface area contributed by atoms with Crippen LogP contribution in [-0.2, 0) is 4.79 Å². The number of pyridine rings is 1. The van der Waals surface area contributed by atoms with Gasteiger partial charge in [-0.2, -0.15) is 5.10 Å². The second-order valence-electron chi connectivity index (χ2n) is 7.45. The van der Waals surface area contributed by atoms with Gasteiger partial charge in [0.05, 0.1) is 16.9 Å². The van der Waals surface area contributed by atoms with Crippen molar-refractivity contribution in [3.05, 3.63) is 88.4 Å². The van der Waals surface area contributed by atoms with Crippen LogP contribution >= 0.6 is 0 Å². The standard InChI is InChI=1S/C25H22N4O2/c1-15-12-16(2)23(27-17(3)30)14-21(15)25(31)18-7-9-20-22(28-29-24(20)13-18)10-8-19-6-4-5-11-26-19/h4-14H,1-3H3,(H,27,30)(H,28,29). The molecule has 4 aromatic rings. The summed E-state index contributed by atoms with van der Waals surface area (Å²) in [6.07, 6.45) is 5.53. The maximum atomic E-state index is 13.2. The number of ketones is 1. The fraction of sp³-hybridized carbons (Fsp3) is 0.120. The van der Waals surface area contributed by atoms with E-state index in [0.717, 1.165) is 33.4 Å². The Morgan fingerprint density at radius 3 is 2.58 bits per heavy atom. The first-order valence-corrected chi connectivity index (χ1v) is 9.93. The molecule has 0 fully saturated rings. The van der Waals surface area contributed by atoms with E-state index in [0.29, 0.717) is 16.8 Å². The number of carbonyl (C=O) groups excluding carboxylic acids is 2. The number of anilines is 1. The molecule has 2 heterocycles. The Balaban J connectivity index is 1.66. The number of hydrogen-bond donors (Lipinski definition) is 2. The van der Waals surface area contributed by atoms with Crippen LogP contribution in [0.5, 0.6) is 0 Å². The van der Waals surface area contributed by atoms with Gasteiger partial charge in [-0.15, -0.1) is 0 Å². The van der Waals surface area contributed by atoms with Crippen LogP contribution in [0, 0.1) is 13.8 Å². The van der Waals surface area contributed by atoms with Gasteiger partial charge in [0.15, 0.2) is 5.78 Å². The Hall–Kier alpha value is -4.06. The van der Waals surface area contributed by atoms with Crippen molar-refractivity contribution < 1.29 is 9.59 Å². The fourth-order valence-corrected chi connectivity index (χ4v) is 3.52. The Morgan fingerprint density at radius 2 is 1.84 bits per heavy atom. The van der Waals surface area contributed by atoms with Crippen molar-refractivity contribution in [1.82, 2.24) is 15.2 Å². The van der Waals surface area contributed by atoms with Crippen molar-refractivity contribution in [2.24, 2.45) is 0 Å². The van der Waals surface area contributed by atoms with Gasteiger partial charge in [0, 0.05) is 35.3 Å². The van der Waals surface area contributed by atoms with Crippen molar-refractivity contribution >= 4 is 40.4 Å². The molecular weight excluding hydrogens is 388 g/mol. The van der Waals surface area contributed by atoms with Gasteiger partial charge in [0.25, 0.3) is 0 Å². The fourth-order valence-electron chi connectivity index (χ4n) is 3.52. The number of aromatic nitrogens is 3. The summed E-state index contributed by atoms with van der Waals surface area (Å²) in [5.41, 5.74) is 5.93. The third kappa shape index (κ3) is 4.28. The molecular formula is C25H22N4O2. The molecule has 6 heteroatoms. The Kier molecular flexibility index (Phi) is 5.45. The average Bonchev–Trinajstić information content (AvgIpc) is 3.16. The minimum Gasteiger partial charge on any atom is -0.326 e. The number of rotatable bonds is 5. The molecule has 0 aliphatic heterocycles. The van der Waals surface area contributed by atoms with Crippen molar-refractivity contribution in [1.29, 1.82) is 0 Å². The predicted octanol–water partition coefficient (Wildman–Crippen LogP) is 4.93. The minimum atomic E-state index is -0.171. The highest BCUT2D eigenvalue weighted by atomic mass is 16.1. The highest BCUT2D eigenvalue weighted by Crippen LogP contribution is 2.25. The number of H-pyrrole nitrogens is 1. The molecule has 0 radical (unpaired) electrons. The van der Waals surface area contributed by atoms with E-state index in [-0.39, 0.29) is 11.7 Å². The number of nitrogens with one attached hydrogen (secondary N) is 2. The van der Waals surface area contributed by atoms with Gasteiger partial charge in [0.2, 0.25) is 5.91 Å². The molecule has 2 aromatic carbocycles. The zero-order chi connectivity index (χ0) is 22.0. The van der Waals surface area contributed by atoms with Crippen LogP contribution in [0.3, 0.4) is 0 Å². The summed E-state index contributed by atoms with van der Waals surface area (Å²) in [6, 6.07) is 14.9. The largest absolute Gasteiger partial charge is 0.326 e. The SMILES string of the molecule is CC(=O)Nc1cc(C(=O)c2ccc3c(C=Cc4ccccn4)n[nH]c3c2)c(C)cc1C. The van der Waals surface area contributed by atoms with Crippen molar-refractivity contribution in [3.63, 3.8) is 0 Å². The van der Waals surface area contributed by atoms with Gasteiger partial charge < -0.3 is 5.32 Å². The van der Waals surface area contributed by atoms with E-state index in [2.05, 4.69) is 20.5 Å². The number of carbonyl (C=O) groups is 2. The Labute approximate surface area is 180 Å². The van der Waals surface area contributed by atoms with Crippen molar-refractivity contribution in [3.8, 4) is 0 Å². The zero-order valence-electron chi connectivity index (χ0n) is 17.6. The summed E-state index contributed by atoms with van der Waals surface area (Å²) in [5, 5.41) is 11.1. The summed E-state index contributed by atoms with van der Waals surface area (Å²) in [4.78, 5) is 29.0. The summed E-state index contributed by atoms with van der Waals surface area (Å²) in [7, 11) is 0. The smallest absolute Gasteiger partial charge is 0.221 e. The first kappa shape index (κ1) is 20.2. The first-order valence-electron chi connectivity index (χ1n) is 9.93. The monoisotopic (exact) mass is 410 g/mol. The van der Waals surface area contributed by atoms with Gasteiger partial charge in [-0.1, -0.05) is 18.2 Å². The maximum absolute atomic E-state index is 13.2. The number of fused-ring (bicyclic) bond motifs is 1. The Bertz CT molecular complexity index is 1320. The summed E-state index contributed by atoms with van der Waals surface area (Å²) >= 11 is 0. The number of nitrogens with zero attached hydrogens (tertiary/aromatic N) is 2. The van der Waals surface area contributed by atoms with Gasteiger partial charge in [-0.05, 0) is 67.5 Å². The van der Waals surface area contributed by atoms with Crippen LogP contribution in [0.15, 0.2) is 54.7 Å². The Morgan fingerprint density at radius 1 is 1.00 bits per heavy atom. The summed E-state index contributed by atoms with van der Waals surface area (Å²) in [6.45, 7) is 5.25. The van der Waals surface area contributed by atoms with E-state index < -0.39 is 0 Å². The lowest BCUT2D eigenvalue weighted by molar-refractivity contribution is -0.114. The van der Waals surface area contributed by atoms with E-state index in [4.69, 9.17) is 0 Å². The highest BCUT2D eigenvalue weighted by molar-refractivity contribution is 6.12. The van der Waals surface area contributed by atoms with E-state index in [9.17, 15) is 9.59 Å². The molecule has 0 aliphatic rings. The highest BCUT2D eigenvalue weighted by Gasteiger charge is 2.16. The number of benzene rings is 2.